The zero-order chi connectivity index (χ0) is 16.2. The Bertz CT molecular complexity index is 659. The summed E-state index contributed by atoms with van der Waals surface area (Å²) < 4.78 is 29.2. The number of benzene rings is 2. The molecule has 122 valence electrons. The Morgan fingerprint density at radius 2 is 1.96 bits per heavy atom. The third kappa shape index (κ3) is 3.88. The molecule has 2 aromatic rings. The average molecular weight is 317 g/mol. The molecule has 0 heterocycles. The summed E-state index contributed by atoms with van der Waals surface area (Å²) in [4.78, 5) is 0. The van der Waals surface area contributed by atoms with Crippen LogP contribution in [0.2, 0.25) is 0 Å². The molecule has 0 aliphatic heterocycles. The van der Waals surface area contributed by atoms with Crippen molar-refractivity contribution in [2.75, 3.05) is 0 Å². The quantitative estimate of drug-likeness (QED) is 0.836. The standard InChI is InChI=1S/C19H21F2NO/c1-13(15-8-4-9-16(12-15)23-19(20)21)22-18-11-5-7-14-6-2-3-10-17(14)18/h2-4,6,8-10,12-13,18-19,22H,5,7,11H2,1H3. The van der Waals surface area contributed by atoms with Crippen molar-refractivity contribution < 1.29 is 13.5 Å². The molecule has 0 saturated carbocycles. The summed E-state index contributed by atoms with van der Waals surface area (Å²) in [6.45, 7) is -0.739. The van der Waals surface area contributed by atoms with Gasteiger partial charge in [0.15, 0.2) is 0 Å². The molecule has 0 fully saturated rings. The maximum atomic E-state index is 12.4. The Balaban J connectivity index is 1.74. The molecule has 4 heteroatoms. The van der Waals surface area contributed by atoms with E-state index in [1.54, 1.807) is 18.2 Å². The number of ether oxygens (including phenoxy) is 1. The third-order valence-electron chi connectivity index (χ3n) is 4.40. The van der Waals surface area contributed by atoms with E-state index < -0.39 is 6.61 Å². The van der Waals surface area contributed by atoms with Gasteiger partial charge in [0.25, 0.3) is 0 Å². The summed E-state index contributed by atoms with van der Waals surface area (Å²) >= 11 is 0. The molecule has 0 bridgehead atoms. The molecule has 2 unspecified atom stereocenters. The van der Waals surface area contributed by atoms with Gasteiger partial charge in [0.1, 0.15) is 5.75 Å². The second kappa shape index (κ2) is 7.09. The Labute approximate surface area is 135 Å². The molecule has 0 spiro atoms. The van der Waals surface area contributed by atoms with E-state index >= 15 is 0 Å². The maximum absolute atomic E-state index is 12.4. The van der Waals surface area contributed by atoms with Crippen molar-refractivity contribution in [1.29, 1.82) is 0 Å². The zero-order valence-corrected chi connectivity index (χ0v) is 13.1. The van der Waals surface area contributed by atoms with E-state index in [4.69, 9.17) is 0 Å². The zero-order valence-electron chi connectivity index (χ0n) is 13.1. The van der Waals surface area contributed by atoms with E-state index in [1.807, 2.05) is 6.07 Å². The second-order valence-electron chi connectivity index (χ2n) is 5.98. The van der Waals surface area contributed by atoms with Gasteiger partial charge in [-0.1, -0.05) is 36.4 Å². The fourth-order valence-corrected chi connectivity index (χ4v) is 3.29. The SMILES string of the molecule is CC(NC1CCCc2ccccc21)c1cccc(OC(F)F)c1. The smallest absolute Gasteiger partial charge is 0.387 e. The van der Waals surface area contributed by atoms with Gasteiger partial charge < -0.3 is 10.1 Å². The fourth-order valence-electron chi connectivity index (χ4n) is 3.29. The Kier molecular flexibility index (Phi) is 4.91. The monoisotopic (exact) mass is 317 g/mol. The van der Waals surface area contributed by atoms with Gasteiger partial charge in [0.05, 0.1) is 0 Å². The number of nitrogens with one attached hydrogen (secondary N) is 1. The third-order valence-corrected chi connectivity index (χ3v) is 4.40. The molecular weight excluding hydrogens is 296 g/mol. The molecule has 1 aliphatic rings. The Morgan fingerprint density at radius 3 is 2.78 bits per heavy atom. The largest absolute Gasteiger partial charge is 0.435 e. The van der Waals surface area contributed by atoms with Crippen molar-refractivity contribution in [1.82, 2.24) is 5.32 Å². The highest BCUT2D eigenvalue weighted by molar-refractivity contribution is 5.34. The van der Waals surface area contributed by atoms with Crippen LogP contribution in [-0.2, 0) is 6.42 Å². The van der Waals surface area contributed by atoms with Gasteiger partial charge >= 0.3 is 6.61 Å². The lowest BCUT2D eigenvalue weighted by molar-refractivity contribution is -0.0499. The summed E-state index contributed by atoms with van der Waals surface area (Å²) in [7, 11) is 0. The maximum Gasteiger partial charge on any atom is 0.387 e. The van der Waals surface area contributed by atoms with Crippen LogP contribution in [0.25, 0.3) is 0 Å². The van der Waals surface area contributed by atoms with E-state index in [1.165, 1.54) is 11.1 Å². The molecule has 2 aromatic carbocycles. The lowest BCUT2D eigenvalue weighted by Gasteiger charge is -2.29. The first-order chi connectivity index (χ1) is 11.1. The molecule has 1 N–H and O–H groups in total. The summed E-state index contributed by atoms with van der Waals surface area (Å²) in [5.74, 6) is 0.204. The second-order valence-corrected chi connectivity index (χ2v) is 5.98. The lowest BCUT2D eigenvalue weighted by atomic mass is 9.87. The van der Waals surface area contributed by atoms with Gasteiger partial charge in [-0.2, -0.15) is 8.78 Å². The molecule has 23 heavy (non-hydrogen) atoms. The minimum atomic E-state index is -2.79. The number of rotatable bonds is 5. The van der Waals surface area contributed by atoms with Gasteiger partial charge in [0, 0.05) is 12.1 Å². The van der Waals surface area contributed by atoms with E-state index in [0.29, 0.717) is 6.04 Å². The molecule has 2 atom stereocenters. The summed E-state index contributed by atoms with van der Waals surface area (Å²) in [6, 6.07) is 15.8. The molecule has 0 saturated heterocycles. The van der Waals surface area contributed by atoms with E-state index in [9.17, 15) is 8.78 Å². The molecule has 3 rings (SSSR count). The van der Waals surface area contributed by atoms with Crippen molar-refractivity contribution in [2.24, 2.45) is 0 Å². The van der Waals surface area contributed by atoms with Crippen LogP contribution in [0.15, 0.2) is 48.5 Å². The van der Waals surface area contributed by atoms with E-state index in [2.05, 4.69) is 41.2 Å². The van der Waals surface area contributed by atoms with Crippen LogP contribution in [0.1, 0.15) is 48.5 Å². The number of hydrogen-bond donors (Lipinski definition) is 1. The van der Waals surface area contributed by atoms with Crippen molar-refractivity contribution >= 4 is 0 Å². The highest BCUT2D eigenvalue weighted by Gasteiger charge is 2.21. The Hall–Kier alpha value is -1.94. The first kappa shape index (κ1) is 15.9. The van der Waals surface area contributed by atoms with Gasteiger partial charge in [-0.05, 0) is 55.0 Å². The summed E-state index contributed by atoms with van der Waals surface area (Å²) in [6.07, 6.45) is 3.38. The molecule has 0 aromatic heterocycles. The molecular formula is C19H21F2NO. The molecule has 2 nitrogen and oxygen atoms in total. The topological polar surface area (TPSA) is 21.3 Å². The van der Waals surface area contributed by atoms with Crippen molar-refractivity contribution in [3.63, 3.8) is 0 Å². The number of alkyl halides is 2. The minimum Gasteiger partial charge on any atom is -0.435 e. The summed E-state index contributed by atoms with van der Waals surface area (Å²) in [5, 5.41) is 3.63. The predicted molar refractivity (Wildman–Crippen MR) is 86.7 cm³/mol. The van der Waals surface area contributed by atoms with Gasteiger partial charge in [0.2, 0.25) is 0 Å². The molecule has 0 amide bonds. The van der Waals surface area contributed by atoms with Crippen LogP contribution in [-0.4, -0.2) is 6.61 Å². The van der Waals surface area contributed by atoms with Crippen molar-refractivity contribution in [3.05, 3.63) is 65.2 Å². The van der Waals surface area contributed by atoms with Crippen LogP contribution in [0, 0.1) is 0 Å². The summed E-state index contributed by atoms with van der Waals surface area (Å²) in [5.41, 5.74) is 3.70. The first-order valence-corrected chi connectivity index (χ1v) is 8.02. The molecule has 0 radical (unpaired) electrons. The Morgan fingerprint density at radius 1 is 1.13 bits per heavy atom. The highest BCUT2D eigenvalue weighted by Crippen LogP contribution is 2.32. The lowest BCUT2D eigenvalue weighted by Crippen LogP contribution is -2.27. The number of fused-ring (bicyclic) bond motifs is 1. The number of aryl methyl sites for hydroxylation is 1. The molecule has 1 aliphatic carbocycles. The van der Waals surface area contributed by atoms with Gasteiger partial charge in [-0.25, -0.2) is 0 Å². The first-order valence-electron chi connectivity index (χ1n) is 8.02. The minimum absolute atomic E-state index is 0.0624. The predicted octanol–water partition coefficient (Wildman–Crippen LogP) is 5.02. The van der Waals surface area contributed by atoms with Crippen molar-refractivity contribution in [3.8, 4) is 5.75 Å². The van der Waals surface area contributed by atoms with Crippen LogP contribution in [0.4, 0.5) is 8.78 Å². The highest BCUT2D eigenvalue weighted by atomic mass is 19.3. The van der Waals surface area contributed by atoms with Gasteiger partial charge in [-0.15, -0.1) is 0 Å². The van der Waals surface area contributed by atoms with E-state index in [-0.39, 0.29) is 11.8 Å². The normalized spacial score (nSPS) is 18.5. The van der Waals surface area contributed by atoms with Crippen LogP contribution in [0.3, 0.4) is 0 Å². The van der Waals surface area contributed by atoms with Crippen LogP contribution >= 0.6 is 0 Å². The number of halogens is 2. The number of hydrogen-bond acceptors (Lipinski definition) is 2. The van der Waals surface area contributed by atoms with Gasteiger partial charge in [-0.3, -0.25) is 0 Å². The van der Waals surface area contributed by atoms with Crippen LogP contribution < -0.4 is 10.1 Å². The average Bonchev–Trinajstić information content (AvgIpc) is 2.55. The van der Waals surface area contributed by atoms with E-state index in [0.717, 1.165) is 24.8 Å². The van der Waals surface area contributed by atoms with Crippen molar-refractivity contribution in [2.45, 2.75) is 44.9 Å². The fraction of sp³-hybridized carbons (Fsp3) is 0.368. The van der Waals surface area contributed by atoms with Crippen LogP contribution in [0.5, 0.6) is 5.75 Å².